The summed E-state index contributed by atoms with van der Waals surface area (Å²) in [4.78, 5) is 2.10. The maximum absolute atomic E-state index is 11.5. The van der Waals surface area contributed by atoms with Crippen LogP contribution in [-0.2, 0) is 10.0 Å². The summed E-state index contributed by atoms with van der Waals surface area (Å²) in [5.41, 5.74) is 0. The molecule has 1 rings (SSSR count). The quantitative estimate of drug-likeness (QED) is 0.550. The van der Waals surface area contributed by atoms with Gasteiger partial charge in [-0.25, -0.2) is 8.42 Å². The topological polar surface area (TPSA) is 40.6 Å². The average molecular weight is 202 g/mol. The van der Waals surface area contributed by atoms with Gasteiger partial charge in [-0.2, -0.15) is 4.31 Å². The second-order valence-corrected chi connectivity index (χ2v) is 5.13. The lowest BCUT2D eigenvalue weighted by molar-refractivity contribution is 0.223. The summed E-state index contributed by atoms with van der Waals surface area (Å²) in [5.74, 6) is 1.99. The molecule has 0 aromatic carbocycles. The van der Waals surface area contributed by atoms with E-state index in [0.29, 0.717) is 13.1 Å². The molecule has 5 heteroatoms. The van der Waals surface area contributed by atoms with Crippen LogP contribution in [0.5, 0.6) is 0 Å². The van der Waals surface area contributed by atoms with Gasteiger partial charge in [0.15, 0.2) is 0 Å². The lowest BCUT2D eigenvalue weighted by Crippen LogP contribution is -2.47. The Morgan fingerprint density at radius 3 is 2.31 bits per heavy atom. The van der Waals surface area contributed by atoms with E-state index in [1.807, 2.05) is 7.05 Å². The molecular weight excluding hydrogens is 188 g/mol. The third-order valence-corrected chi connectivity index (χ3v) is 3.80. The van der Waals surface area contributed by atoms with Gasteiger partial charge in [-0.15, -0.1) is 6.42 Å². The van der Waals surface area contributed by atoms with Gasteiger partial charge in [0.1, 0.15) is 5.75 Å². The van der Waals surface area contributed by atoms with Crippen LogP contribution in [0, 0.1) is 12.3 Å². The number of hydrogen-bond donors (Lipinski definition) is 0. The first-order valence-corrected chi connectivity index (χ1v) is 5.77. The van der Waals surface area contributed by atoms with E-state index < -0.39 is 10.0 Å². The summed E-state index contributed by atoms with van der Waals surface area (Å²) in [6, 6.07) is 0. The Bertz CT molecular complexity index is 297. The van der Waals surface area contributed by atoms with E-state index in [1.165, 1.54) is 4.31 Å². The van der Waals surface area contributed by atoms with Crippen molar-refractivity contribution >= 4 is 10.0 Å². The summed E-state index contributed by atoms with van der Waals surface area (Å²) in [7, 11) is -1.21. The second kappa shape index (κ2) is 4.09. The lowest BCUT2D eigenvalue weighted by atomic mass is 10.4. The fourth-order valence-electron chi connectivity index (χ4n) is 1.26. The van der Waals surface area contributed by atoms with Crippen molar-refractivity contribution in [1.82, 2.24) is 9.21 Å². The average Bonchev–Trinajstić information content (AvgIpc) is 2.05. The fraction of sp³-hybridized carbons (Fsp3) is 0.750. The normalized spacial score (nSPS) is 21.2. The molecule has 1 fully saturated rings. The monoisotopic (exact) mass is 202 g/mol. The van der Waals surface area contributed by atoms with E-state index in [-0.39, 0.29) is 5.75 Å². The number of rotatable bonds is 2. The summed E-state index contributed by atoms with van der Waals surface area (Å²) < 4.78 is 24.4. The van der Waals surface area contributed by atoms with Crippen LogP contribution in [0.25, 0.3) is 0 Å². The minimum absolute atomic E-state index is 0.184. The molecule has 1 saturated heterocycles. The summed E-state index contributed by atoms with van der Waals surface area (Å²) in [6.45, 7) is 2.68. The van der Waals surface area contributed by atoms with Crippen LogP contribution in [0.2, 0.25) is 0 Å². The molecule has 1 heterocycles. The Hall–Kier alpha value is -0.570. The Morgan fingerprint density at radius 2 is 1.85 bits per heavy atom. The Morgan fingerprint density at radius 1 is 1.31 bits per heavy atom. The molecule has 0 aromatic rings. The van der Waals surface area contributed by atoms with E-state index in [0.717, 1.165) is 13.1 Å². The number of nitrogens with zero attached hydrogens (tertiary/aromatic N) is 2. The first-order valence-electron chi connectivity index (χ1n) is 4.16. The molecule has 13 heavy (non-hydrogen) atoms. The van der Waals surface area contributed by atoms with Crippen molar-refractivity contribution in [2.45, 2.75) is 0 Å². The van der Waals surface area contributed by atoms with E-state index in [4.69, 9.17) is 6.42 Å². The van der Waals surface area contributed by atoms with Crippen LogP contribution in [0.4, 0.5) is 0 Å². The van der Waals surface area contributed by atoms with E-state index in [2.05, 4.69) is 10.8 Å². The van der Waals surface area contributed by atoms with Gasteiger partial charge in [0.2, 0.25) is 10.0 Å². The highest BCUT2D eigenvalue weighted by Gasteiger charge is 2.24. The Labute approximate surface area is 79.6 Å². The zero-order valence-corrected chi connectivity index (χ0v) is 8.55. The van der Waals surface area contributed by atoms with Crippen LogP contribution in [0.1, 0.15) is 0 Å². The summed E-state index contributed by atoms with van der Waals surface area (Å²) >= 11 is 0. The zero-order chi connectivity index (χ0) is 9.90. The van der Waals surface area contributed by atoms with Gasteiger partial charge in [-0.05, 0) is 7.05 Å². The molecule has 0 saturated carbocycles. The SMILES string of the molecule is C#CCS(=O)(=O)N1CCN(C)CC1. The van der Waals surface area contributed by atoms with Gasteiger partial charge in [-0.3, -0.25) is 0 Å². The molecule has 1 aliphatic rings. The second-order valence-electron chi connectivity index (χ2n) is 3.16. The van der Waals surface area contributed by atoms with Crippen molar-refractivity contribution in [2.75, 3.05) is 39.0 Å². The van der Waals surface area contributed by atoms with Crippen molar-refractivity contribution in [3.05, 3.63) is 0 Å². The minimum atomic E-state index is -3.19. The van der Waals surface area contributed by atoms with Gasteiger partial charge in [0.25, 0.3) is 0 Å². The first kappa shape index (κ1) is 10.5. The fourth-order valence-corrected chi connectivity index (χ4v) is 2.38. The predicted molar refractivity (Wildman–Crippen MR) is 51.7 cm³/mol. The molecular formula is C8H14N2O2S. The maximum atomic E-state index is 11.5. The van der Waals surface area contributed by atoms with Crippen molar-refractivity contribution in [2.24, 2.45) is 0 Å². The molecule has 0 radical (unpaired) electrons. The predicted octanol–water partition coefficient (Wildman–Crippen LogP) is -0.803. The van der Waals surface area contributed by atoms with Crippen molar-refractivity contribution in [1.29, 1.82) is 0 Å². The third-order valence-electron chi connectivity index (χ3n) is 2.12. The van der Waals surface area contributed by atoms with Crippen LogP contribution in [0.3, 0.4) is 0 Å². The van der Waals surface area contributed by atoms with Gasteiger partial charge in [0, 0.05) is 26.2 Å². The van der Waals surface area contributed by atoms with Gasteiger partial charge < -0.3 is 4.90 Å². The third kappa shape index (κ3) is 2.69. The van der Waals surface area contributed by atoms with Crippen LogP contribution in [0.15, 0.2) is 0 Å². The zero-order valence-electron chi connectivity index (χ0n) is 7.73. The number of piperazine rings is 1. The number of likely N-dealkylation sites (N-methyl/N-ethyl adjacent to an activating group) is 1. The van der Waals surface area contributed by atoms with Gasteiger partial charge >= 0.3 is 0 Å². The molecule has 0 atom stereocenters. The maximum Gasteiger partial charge on any atom is 0.225 e. The molecule has 74 valence electrons. The molecule has 0 aromatic heterocycles. The summed E-state index contributed by atoms with van der Waals surface area (Å²) in [6.07, 6.45) is 4.98. The summed E-state index contributed by atoms with van der Waals surface area (Å²) in [5, 5.41) is 0. The highest BCUT2D eigenvalue weighted by molar-refractivity contribution is 7.89. The first-order chi connectivity index (χ1) is 6.06. The molecule has 0 aliphatic carbocycles. The Kier molecular flexibility index (Phi) is 3.31. The number of hydrogen-bond acceptors (Lipinski definition) is 3. The Balaban J connectivity index is 2.59. The molecule has 0 amide bonds. The van der Waals surface area contributed by atoms with E-state index in [9.17, 15) is 8.42 Å². The van der Waals surface area contributed by atoms with Crippen molar-refractivity contribution in [3.63, 3.8) is 0 Å². The standard InChI is InChI=1S/C8H14N2O2S/c1-3-8-13(11,12)10-6-4-9(2)5-7-10/h1H,4-8H2,2H3. The highest BCUT2D eigenvalue weighted by Crippen LogP contribution is 2.05. The molecule has 0 bridgehead atoms. The number of terminal acetylenes is 1. The van der Waals surface area contributed by atoms with Crippen LogP contribution in [-0.4, -0.2) is 56.6 Å². The van der Waals surface area contributed by atoms with Crippen molar-refractivity contribution in [3.8, 4) is 12.3 Å². The lowest BCUT2D eigenvalue weighted by Gasteiger charge is -2.30. The van der Waals surface area contributed by atoms with E-state index in [1.54, 1.807) is 0 Å². The van der Waals surface area contributed by atoms with E-state index >= 15 is 0 Å². The highest BCUT2D eigenvalue weighted by atomic mass is 32.2. The van der Waals surface area contributed by atoms with Gasteiger partial charge in [0.05, 0.1) is 0 Å². The van der Waals surface area contributed by atoms with Gasteiger partial charge in [-0.1, -0.05) is 5.92 Å². The van der Waals surface area contributed by atoms with Crippen LogP contribution >= 0.6 is 0 Å². The molecule has 0 unspecified atom stereocenters. The number of sulfonamides is 1. The molecule has 1 aliphatic heterocycles. The minimum Gasteiger partial charge on any atom is -0.304 e. The largest absolute Gasteiger partial charge is 0.304 e. The molecule has 4 nitrogen and oxygen atoms in total. The molecule has 0 N–H and O–H groups in total. The smallest absolute Gasteiger partial charge is 0.225 e. The van der Waals surface area contributed by atoms with Crippen molar-refractivity contribution < 1.29 is 8.42 Å². The molecule has 0 spiro atoms. The van der Waals surface area contributed by atoms with Crippen LogP contribution < -0.4 is 0 Å².